The van der Waals surface area contributed by atoms with Crippen LogP contribution in [0, 0.1) is 0 Å². The molecular formula is C22H23N3O5. The van der Waals surface area contributed by atoms with Crippen molar-refractivity contribution in [1.82, 2.24) is 9.55 Å². The minimum absolute atomic E-state index is 0.00120. The summed E-state index contributed by atoms with van der Waals surface area (Å²) in [5, 5.41) is 2.47. The lowest BCUT2D eigenvalue weighted by Crippen LogP contribution is -2.33. The number of anilines is 1. The van der Waals surface area contributed by atoms with Crippen LogP contribution in [0.25, 0.3) is 11.4 Å². The average molecular weight is 409 g/mol. The van der Waals surface area contributed by atoms with E-state index in [9.17, 15) is 9.59 Å². The number of hydrogen-bond donors (Lipinski definition) is 1. The van der Waals surface area contributed by atoms with Crippen LogP contribution in [0.15, 0.2) is 71.7 Å². The minimum Gasteiger partial charge on any atom is -0.444 e. The molecule has 30 heavy (non-hydrogen) atoms. The second kappa shape index (κ2) is 10.3. The summed E-state index contributed by atoms with van der Waals surface area (Å²) in [5.74, 6) is 0.433. The van der Waals surface area contributed by atoms with Crippen molar-refractivity contribution in [3.05, 3.63) is 82.8 Å². The highest BCUT2D eigenvalue weighted by Crippen LogP contribution is 2.17. The Hall–Kier alpha value is -3.49. The first-order chi connectivity index (χ1) is 14.6. The number of amides is 1. The second-order valence-corrected chi connectivity index (χ2v) is 6.36. The molecule has 1 amide bonds. The molecule has 0 saturated carbocycles. The molecule has 0 aliphatic heterocycles. The molecule has 3 rings (SSSR count). The molecule has 0 fully saturated rings. The van der Waals surface area contributed by atoms with E-state index >= 15 is 0 Å². The fourth-order valence-corrected chi connectivity index (χ4v) is 2.83. The Morgan fingerprint density at radius 1 is 1.03 bits per heavy atom. The molecule has 8 heteroatoms. The molecule has 0 unspecified atom stereocenters. The van der Waals surface area contributed by atoms with E-state index in [4.69, 9.17) is 14.2 Å². The van der Waals surface area contributed by atoms with Crippen LogP contribution in [0.1, 0.15) is 5.56 Å². The van der Waals surface area contributed by atoms with Gasteiger partial charge in [-0.25, -0.2) is 9.78 Å². The van der Waals surface area contributed by atoms with E-state index in [0.717, 1.165) is 11.1 Å². The molecule has 0 spiro atoms. The Labute approximate surface area is 174 Å². The molecule has 0 aliphatic rings. The Balaban J connectivity index is 1.84. The molecular weight excluding hydrogens is 386 g/mol. The monoisotopic (exact) mass is 409 g/mol. The van der Waals surface area contributed by atoms with Gasteiger partial charge in [-0.3, -0.25) is 14.7 Å². The number of ether oxygens (including phenoxy) is 3. The van der Waals surface area contributed by atoms with Crippen LogP contribution in [-0.2, 0) is 27.4 Å². The van der Waals surface area contributed by atoms with E-state index in [0.29, 0.717) is 5.82 Å². The fraction of sp³-hybridized carbons (Fsp3) is 0.227. The molecule has 0 radical (unpaired) electrons. The Kier molecular flexibility index (Phi) is 7.31. The van der Waals surface area contributed by atoms with Gasteiger partial charge in [-0.1, -0.05) is 60.7 Å². The topological polar surface area (TPSA) is 91.7 Å². The predicted molar refractivity (Wildman–Crippen MR) is 112 cm³/mol. The van der Waals surface area contributed by atoms with Gasteiger partial charge in [0.1, 0.15) is 18.1 Å². The standard InChI is InChI=1S/C22H23N3O5/c1-28-19(29-2)14-25-20(17-11-7-4-8-12-17)23-13-18(21(25)26)24-22(27)30-15-16-9-5-3-6-10-16/h3-13,19H,14-15H2,1-2H3,(H,24,27). The fourth-order valence-electron chi connectivity index (χ4n) is 2.83. The van der Waals surface area contributed by atoms with Crippen molar-refractivity contribution >= 4 is 11.8 Å². The summed E-state index contributed by atoms with van der Waals surface area (Å²) >= 11 is 0. The van der Waals surface area contributed by atoms with Gasteiger partial charge in [0.15, 0.2) is 6.29 Å². The third-order valence-corrected chi connectivity index (χ3v) is 4.39. The molecule has 1 heterocycles. The van der Waals surface area contributed by atoms with Crippen LogP contribution in [-0.4, -0.2) is 36.2 Å². The van der Waals surface area contributed by atoms with Gasteiger partial charge in [0.25, 0.3) is 5.56 Å². The minimum atomic E-state index is -0.744. The van der Waals surface area contributed by atoms with Crippen molar-refractivity contribution < 1.29 is 19.0 Å². The summed E-state index contributed by atoms with van der Waals surface area (Å²) in [4.78, 5) is 29.6. The van der Waals surface area contributed by atoms with Gasteiger partial charge in [-0.05, 0) is 5.56 Å². The highest BCUT2D eigenvalue weighted by molar-refractivity contribution is 5.84. The lowest BCUT2D eigenvalue weighted by molar-refractivity contribution is -0.111. The van der Waals surface area contributed by atoms with Crippen molar-refractivity contribution in [3.8, 4) is 11.4 Å². The maximum atomic E-state index is 13.1. The summed E-state index contributed by atoms with van der Waals surface area (Å²) in [6.45, 7) is 0.184. The smallest absolute Gasteiger partial charge is 0.412 e. The number of benzene rings is 2. The normalized spacial score (nSPS) is 10.8. The third kappa shape index (κ3) is 5.31. The van der Waals surface area contributed by atoms with Crippen molar-refractivity contribution in [3.63, 3.8) is 0 Å². The predicted octanol–water partition coefficient (Wildman–Crippen LogP) is 3.28. The number of carbonyl (C=O) groups excluding carboxylic acids is 1. The average Bonchev–Trinajstić information content (AvgIpc) is 2.79. The summed E-state index contributed by atoms with van der Waals surface area (Å²) in [5.41, 5.74) is 1.14. The lowest BCUT2D eigenvalue weighted by atomic mass is 10.2. The zero-order chi connectivity index (χ0) is 21.3. The van der Waals surface area contributed by atoms with Gasteiger partial charge >= 0.3 is 6.09 Å². The number of nitrogens with one attached hydrogen (secondary N) is 1. The molecule has 0 aliphatic carbocycles. The molecule has 0 bridgehead atoms. The first-order valence-electron chi connectivity index (χ1n) is 9.31. The van der Waals surface area contributed by atoms with Gasteiger partial charge in [0.05, 0.1) is 12.7 Å². The van der Waals surface area contributed by atoms with Crippen LogP contribution in [0.2, 0.25) is 0 Å². The van der Waals surface area contributed by atoms with E-state index in [2.05, 4.69) is 10.3 Å². The Morgan fingerprint density at radius 3 is 2.30 bits per heavy atom. The number of rotatable bonds is 8. The molecule has 2 aromatic carbocycles. The molecule has 156 valence electrons. The number of hydrogen-bond acceptors (Lipinski definition) is 6. The largest absolute Gasteiger partial charge is 0.444 e. The van der Waals surface area contributed by atoms with E-state index in [1.54, 1.807) is 0 Å². The summed E-state index contributed by atoms with van der Waals surface area (Å²) in [7, 11) is 2.97. The summed E-state index contributed by atoms with van der Waals surface area (Å²) in [6.07, 6.45) is -0.0847. The van der Waals surface area contributed by atoms with E-state index in [1.165, 1.54) is 25.0 Å². The van der Waals surface area contributed by atoms with Crippen molar-refractivity contribution in [1.29, 1.82) is 0 Å². The Morgan fingerprint density at radius 2 is 1.67 bits per heavy atom. The molecule has 3 aromatic rings. The summed E-state index contributed by atoms with van der Waals surface area (Å²) in [6, 6.07) is 18.5. The van der Waals surface area contributed by atoms with Crippen molar-refractivity contribution in [2.24, 2.45) is 0 Å². The zero-order valence-corrected chi connectivity index (χ0v) is 16.8. The van der Waals surface area contributed by atoms with E-state index in [1.807, 2.05) is 60.7 Å². The highest BCUT2D eigenvalue weighted by Gasteiger charge is 2.18. The van der Waals surface area contributed by atoms with E-state index < -0.39 is 17.9 Å². The molecule has 0 saturated heterocycles. The number of carbonyl (C=O) groups is 1. The SMILES string of the molecule is COC(Cn1c(-c2ccccc2)ncc(NC(=O)OCc2ccccc2)c1=O)OC. The first kappa shape index (κ1) is 21.2. The van der Waals surface area contributed by atoms with Crippen LogP contribution in [0.4, 0.5) is 10.5 Å². The van der Waals surface area contributed by atoms with Crippen LogP contribution in [0.3, 0.4) is 0 Å². The number of nitrogens with zero attached hydrogens (tertiary/aromatic N) is 2. The van der Waals surface area contributed by atoms with Crippen LogP contribution >= 0.6 is 0 Å². The Bertz CT molecular complexity index is 1020. The highest BCUT2D eigenvalue weighted by atomic mass is 16.7. The maximum absolute atomic E-state index is 13.1. The molecule has 0 atom stereocenters. The van der Waals surface area contributed by atoms with E-state index in [-0.39, 0.29) is 18.8 Å². The molecule has 8 nitrogen and oxygen atoms in total. The van der Waals surface area contributed by atoms with Gasteiger partial charge in [0.2, 0.25) is 0 Å². The quantitative estimate of drug-likeness (QED) is 0.574. The van der Waals surface area contributed by atoms with Gasteiger partial charge < -0.3 is 14.2 Å². The first-order valence-corrected chi connectivity index (χ1v) is 9.31. The van der Waals surface area contributed by atoms with Crippen LogP contribution in [0.5, 0.6) is 0 Å². The third-order valence-electron chi connectivity index (χ3n) is 4.39. The lowest BCUT2D eigenvalue weighted by Gasteiger charge is -2.18. The zero-order valence-electron chi connectivity index (χ0n) is 16.8. The second-order valence-electron chi connectivity index (χ2n) is 6.36. The molecule has 1 aromatic heterocycles. The van der Waals surface area contributed by atoms with Crippen LogP contribution < -0.4 is 10.9 Å². The van der Waals surface area contributed by atoms with Gasteiger partial charge in [0, 0.05) is 19.8 Å². The van der Waals surface area contributed by atoms with Crippen molar-refractivity contribution in [2.45, 2.75) is 19.4 Å². The van der Waals surface area contributed by atoms with Gasteiger partial charge in [-0.2, -0.15) is 0 Å². The van der Waals surface area contributed by atoms with Gasteiger partial charge in [-0.15, -0.1) is 0 Å². The number of aromatic nitrogens is 2. The molecule has 1 N–H and O–H groups in total. The maximum Gasteiger partial charge on any atom is 0.412 e. The summed E-state index contributed by atoms with van der Waals surface area (Å²) < 4.78 is 17.1. The number of methoxy groups -OCH3 is 2. The van der Waals surface area contributed by atoms with Crippen molar-refractivity contribution in [2.75, 3.05) is 19.5 Å².